The quantitative estimate of drug-likeness (QED) is 0.631. The molecule has 0 radical (unpaired) electrons. The van der Waals surface area contributed by atoms with Gasteiger partial charge in [-0.1, -0.05) is 19.6 Å². The molecule has 2 aromatic rings. The largest absolute Gasteiger partial charge is 0.360 e. The first-order valence-electron chi connectivity index (χ1n) is 6.90. The van der Waals surface area contributed by atoms with Gasteiger partial charge in [0, 0.05) is 11.4 Å². The average molecular weight is 284 g/mol. The van der Waals surface area contributed by atoms with E-state index in [0.717, 1.165) is 29.2 Å². The summed E-state index contributed by atoms with van der Waals surface area (Å²) in [4.78, 5) is 20.2. The second-order valence-corrected chi connectivity index (χ2v) is 4.73. The number of H-pyrrole nitrogens is 1. The van der Waals surface area contributed by atoms with Crippen LogP contribution >= 0.6 is 0 Å². The minimum absolute atomic E-state index is 0.0968. The van der Waals surface area contributed by atoms with E-state index < -0.39 is 0 Å². The van der Waals surface area contributed by atoms with Gasteiger partial charge >= 0.3 is 0 Å². The number of hydrogen-bond acceptors (Lipinski definition) is 5. The minimum atomic E-state index is 0.0968. The first-order valence-corrected chi connectivity index (χ1v) is 6.90. The third kappa shape index (κ3) is 3.53. The molecule has 0 aliphatic carbocycles. The SMILES string of the molecule is C=C/C=C(\C)N=C(C)[C@H](CC)Nc1ncnc2nc[nH]c12. The number of aliphatic imine (C=N–C) groups is 1. The summed E-state index contributed by atoms with van der Waals surface area (Å²) in [6, 6.07) is 0.0968. The molecule has 2 heterocycles. The van der Waals surface area contributed by atoms with Gasteiger partial charge in [-0.15, -0.1) is 0 Å². The van der Waals surface area contributed by atoms with E-state index in [1.54, 1.807) is 12.4 Å². The van der Waals surface area contributed by atoms with Crippen LogP contribution in [0, 0.1) is 0 Å². The molecule has 0 spiro atoms. The summed E-state index contributed by atoms with van der Waals surface area (Å²) in [5.41, 5.74) is 3.39. The van der Waals surface area contributed by atoms with Crippen molar-refractivity contribution in [2.45, 2.75) is 33.2 Å². The fourth-order valence-corrected chi connectivity index (χ4v) is 2.11. The van der Waals surface area contributed by atoms with Crippen LogP contribution in [0.1, 0.15) is 27.2 Å². The van der Waals surface area contributed by atoms with Crippen molar-refractivity contribution in [1.82, 2.24) is 19.9 Å². The van der Waals surface area contributed by atoms with Crippen molar-refractivity contribution in [3.63, 3.8) is 0 Å². The Morgan fingerprint density at radius 1 is 1.43 bits per heavy atom. The number of aromatic nitrogens is 4. The van der Waals surface area contributed by atoms with E-state index in [2.05, 4.69) is 43.7 Å². The van der Waals surface area contributed by atoms with Crippen LogP contribution in [-0.4, -0.2) is 31.7 Å². The van der Waals surface area contributed by atoms with Gasteiger partial charge in [-0.3, -0.25) is 4.99 Å². The molecular weight excluding hydrogens is 264 g/mol. The van der Waals surface area contributed by atoms with E-state index in [4.69, 9.17) is 0 Å². The summed E-state index contributed by atoms with van der Waals surface area (Å²) in [7, 11) is 0. The maximum atomic E-state index is 4.58. The van der Waals surface area contributed by atoms with Gasteiger partial charge in [0.25, 0.3) is 0 Å². The number of nitrogens with one attached hydrogen (secondary N) is 2. The lowest BCUT2D eigenvalue weighted by Crippen LogP contribution is -2.27. The fourth-order valence-electron chi connectivity index (χ4n) is 2.11. The molecule has 2 aromatic heterocycles. The lowest BCUT2D eigenvalue weighted by molar-refractivity contribution is 0.856. The summed E-state index contributed by atoms with van der Waals surface area (Å²) < 4.78 is 0. The number of aromatic amines is 1. The van der Waals surface area contributed by atoms with Gasteiger partial charge in [0.15, 0.2) is 11.5 Å². The molecule has 0 saturated carbocycles. The number of allylic oxidation sites excluding steroid dienone is 3. The monoisotopic (exact) mass is 284 g/mol. The number of fused-ring (bicyclic) bond motifs is 1. The molecule has 0 amide bonds. The van der Waals surface area contributed by atoms with Gasteiger partial charge in [-0.2, -0.15) is 0 Å². The molecule has 0 aliphatic heterocycles. The summed E-state index contributed by atoms with van der Waals surface area (Å²) in [5.74, 6) is 0.740. The number of anilines is 1. The highest BCUT2D eigenvalue weighted by Crippen LogP contribution is 2.17. The molecular formula is C15H20N6. The summed E-state index contributed by atoms with van der Waals surface area (Å²) >= 11 is 0. The Morgan fingerprint density at radius 3 is 2.95 bits per heavy atom. The second-order valence-electron chi connectivity index (χ2n) is 4.73. The van der Waals surface area contributed by atoms with Gasteiger partial charge in [0.2, 0.25) is 0 Å². The molecule has 6 nitrogen and oxygen atoms in total. The zero-order valence-corrected chi connectivity index (χ0v) is 12.6. The van der Waals surface area contributed by atoms with Crippen molar-refractivity contribution in [1.29, 1.82) is 0 Å². The molecule has 21 heavy (non-hydrogen) atoms. The first-order chi connectivity index (χ1) is 10.2. The lowest BCUT2D eigenvalue weighted by atomic mass is 10.1. The van der Waals surface area contributed by atoms with Gasteiger partial charge in [0.1, 0.15) is 11.8 Å². The Bertz CT molecular complexity index is 682. The van der Waals surface area contributed by atoms with Crippen molar-refractivity contribution in [3.05, 3.63) is 37.1 Å². The fraction of sp³-hybridized carbons (Fsp3) is 0.333. The smallest absolute Gasteiger partial charge is 0.182 e. The highest BCUT2D eigenvalue weighted by atomic mass is 15.1. The van der Waals surface area contributed by atoms with Gasteiger partial charge < -0.3 is 10.3 Å². The first kappa shape index (κ1) is 14.9. The molecule has 0 saturated heterocycles. The Morgan fingerprint density at radius 2 is 2.24 bits per heavy atom. The van der Waals surface area contributed by atoms with E-state index in [-0.39, 0.29) is 6.04 Å². The molecule has 6 heteroatoms. The van der Waals surface area contributed by atoms with Crippen LogP contribution in [-0.2, 0) is 0 Å². The molecule has 0 bridgehead atoms. The van der Waals surface area contributed by atoms with Crippen molar-refractivity contribution < 1.29 is 0 Å². The van der Waals surface area contributed by atoms with Crippen LogP contribution in [0.25, 0.3) is 11.2 Å². The predicted molar refractivity (Wildman–Crippen MR) is 86.4 cm³/mol. The Hall–Kier alpha value is -2.50. The van der Waals surface area contributed by atoms with E-state index in [1.807, 2.05) is 19.9 Å². The number of rotatable bonds is 6. The van der Waals surface area contributed by atoms with Crippen LogP contribution < -0.4 is 5.32 Å². The Balaban J connectivity index is 2.25. The molecule has 0 unspecified atom stereocenters. The van der Waals surface area contributed by atoms with Crippen LogP contribution in [0.3, 0.4) is 0 Å². The standard InChI is InChI=1S/C15H20N6/c1-5-7-10(3)20-11(4)12(6-2)21-15-13-14(17-8-16-13)18-9-19-15/h5,7-9,12H,1,6H2,2-4H3,(H2,16,17,18,19,21)/b10-7+,20-11?/t12-/m0/s1. The molecule has 0 aliphatic rings. The number of hydrogen-bond donors (Lipinski definition) is 2. The van der Waals surface area contributed by atoms with Crippen molar-refractivity contribution in [2.75, 3.05) is 5.32 Å². The Labute approximate surface area is 124 Å². The van der Waals surface area contributed by atoms with Gasteiger partial charge in [-0.05, 0) is 26.3 Å². The molecule has 2 N–H and O–H groups in total. The van der Waals surface area contributed by atoms with E-state index in [0.29, 0.717) is 5.65 Å². The zero-order valence-electron chi connectivity index (χ0n) is 12.6. The third-order valence-corrected chi connectivity index (χ3v) is 3.16. The Kier molecular flexibility index (Phi) is 4.81. The third-order valence-electron chi connectivity index (χ3n) is 3.16. The van der Waals surface area contributed by atoms with Crippen molar-refractivity contribution in [2.24, 2.45) is 4.99 Å². The summed E-state index contributed by atoms with van der Waals surface area (Å²) in [6.07, 6.45) is 7.64. The van der Waals surface area contributed by atoms with E-state index in [1.165, 1.54) is 6.33 Å². The molecule has 0 fully saturated rings. The van der Waals surface area contributed by atoms with Crippen molar-refractivity contribution in [3.8, 4) is 0 Å². The molecule has 110 valence electrons. The van der Waals surface area contributed by atoms with Crippen LogP contribution in [0.5, 0.6) is 0 Å². The van der Waals surface area contributed by atoms with Crippen LogP contribution in [0.4, 0.5) is 5.82 Å². The summed E-state index contributed by atoms with van der Waals surface area (Å²) in [5, 5.41) is 3.40. The topological polar surface area (TPSA) is 78.8 Å². The zero-order chi connectivity index (χ0) is 15.2. The molecule has 2 rings (SSSR count). The normalized spacial score (nSPS) is 14.2. The van der Waals surface area contributed by atoms with Gasteiger partial charge in [-0.25, -0.2) is 15.0 Å². The number of imidazole rings is 1. The molecule has 1 atom stereocenters. The lowest BCUT2D eigenvalue weighted by Gasteiger charge is -2.17. The van der Waals surface area contributed by atoms with Crippen molar-refractivity contribution >= 4 is 22.7 Å². The van der Waals surface area contributed by atoms with E-state index in [9.17, 15) is 0 Å². The summed E-state index contributed by atoms with van der Waals surface area (Å²) in [6.45, 7) is 9.75. The highest BCUT2D eigenvalue weighted by molar-refractivity contribution is 5.92. The van der Waals surface area contributed by atoms with Crippen LogP contribution in [0.2, 0.25) is 0 Å². The van der Waals surface area contributed by atoms with E-state index >= 15 is 0 Å². The predicted octanol–water partition coefficient (Wildman–Crippen LogP) is 3.09. The second kappa shape index (κ2) is 6.78. The highest BCUT2D eigenvalue weighted by Gasteiger charge is 2.13. The number of nitrogens with zero attached hydrogens (tertiary/aromatic N) is 4. The van der Waals surface area contributed by atoms with Gasteiger partial charge in [0.05, 0.1) is 12.4 Å². The minimum Gasteiger partial charge on any atom is -0.360 e. The van der Waals surface area contributed by atoms with Crippen LogP contribution in [0.15, 0.2) is 42.1 Å². The molecule has 0 aromatic carbocycles. The average Bonchev–Trinajstić information content (AvgIpc) is 2.93. The maximum Gasteiger partial charge on any atom is 0.182 e. The maximum absolute atomic E-state index is 4.58.